The van der Waals surface area contributed by atoms with Crippen LogP contribution in [0.5, 0.6) is 0 Å². The Bertz CT molecular complexity index is 1010. The number of benzene rings is 2. The van der Waals surface area contributed by atoms with E-state index >= 15 is 0 Å². The van der Waals surface area contributed by atoms with Crippen LogP contribution in [0.4, 0.5) is 0 Å². The monoisotopic (exact) mass is 407 g/mol. The zero-order chi connectivity index (χ0) is 20.8. The van der Waals surface area contributed by atoms with Gasteiger partial charge in [0.2, 0.25) is 0 Å². The summed E-state index contributed by atoms with van der Waals surface area (Å²) in [7, 11) is 1.66. The van der Waals surface area contributed by atoms with E-state index in [9.17, 15) is 14.4 Å². The lowest BCUT2D eigenvalue weighted by Gasteiger charge is -2.16. The molecule has 0 unspecified atom stereocenters. The lowest BCUT2D eigenvalue weighted by molar-refractivity contribution is -0.133. The third-order valence-electron chi connectivity index (χ3n) is 4.46. The largest absolute Gasteiger partial charge is 0.452 e. The summed E-state index contributed by atoms with van der Waals surface area (Å²) in [6.45, 7) is 2.00. The van der Waals surface area contributed by atoms with Crippen molar-refractivity contribution in [2.45, 2.75) is 13.5 Å². The minimum Gasteiger partial charge on any atom is -0.452 e. The molecule has 0 saturated carbocycles. The average molecular weight is 407 g/mol. The SMILES string of the molecule is Cc1ccc(C(=O)c2ccccc2C(=O)OCC(=O)N(C)Cc2ccsc2)cc1. The second-order valence-electron chi connectivity index (χ2n) is 6.70. The predicted octanol–water partition coefficient (Wildman–Crippen LogP) is 4.10. The number of nitrogens with zero attached hydrogens (tertiary/aromatic N) is 1. The van der Waals surface area contributed by atoms with E-state index in [1.54, 1.807) is 48.7 Å². The van der Waals surface area contributed by atoms with Crippen molar-refractivity contribution in [1.82, 2.24) is 4.90 Å². The third-order valence-corrected chi connectivity index (χ3v) is 5.19. The number of ether oxygens (including phenoxy) is 1. The molecule has 6 heteroatoms. The molecule has 5 nitrogen and oxygen atoms in total. The Kier molecular flexibility index (Phi) is 6.57. The molecule has 0 aliphatic carbocycles. The molecule has 0 fully saturated rings. The molecule has 0 radical (unpaired) electrons. The van der Waals surface area contributed by atoms with Crippen LogP contribution in [-0.2, 0) is 16.1 Å². The van der Waals surface area contributed by atoms with Gasteiger partial charge in [0.15, 0.2) is 12.4 Å². The minimum absolute atomic E-state index is 0.145. The fourth-order valence-electron chi connectivity index (χ4n) is 2.78. The van der Waals surface area contributed by atoms with E-state index in [4.69, 9.17) is 4.74 Å². The average Bonchev–Trinajstić information content (AvgIpc) is 3.24. The first-order valence-corrected chi connectivity index (χ1v) is 10.0. The molecule has 0 aliphatic rings. The van der Waals surface area contributed by atoms with Crippen molar-refractivity contribution >= 4 is 29.0 Å². The summed E-state index contributed by atoms with van der Waals surface area (Å²) in [6.07, 6.45) is 0. The molecule has 0 bridgehead atoms. The standard InChI is InChI=1S/C23H21NO4S/c1-16-7-9-18(10-8-16)22(26)19-5-3-4-6-20(19)23(27)28-14-21(25)24(2)13-17-11-12-29-15-17/h3-12,15H,13-14H2,1-2H3. The summed E-state index contributed by atoms with van der Waals surface area (Å²) in [5, 5.41) is 3.90. The van der Waals surface area contributed by atoms with Crippen molar-refractivity contribution in [2.75, 3.05) is 13.7 Å². The molecule has 0 atom stereocenters. The van der Waals surface area contributed by atoms with Crippen LogP contribution in [0.2, 0.25) is 0 Å². The van der Waals surface area contributed by atoms with Crippen molar-refractivity contribution in [3.8, 4) is 0 Å². The van der Waals surface area contributed by atoms with Crippen molar-refractivity contribution < 1.29 is 19.1 Å². The van der Waals surface area contributed by atoms with E-state index in [0.717, 1.165) is 11.1 Å². The highest BCUT2D eigenvalue weighted by molar-refractivity contribution is 7.07. The van der Waals surface area contributed by atoms with Crippen LogP contribution in [0, 0.1) is 6.92 Å². The van der Waals surface area contributed by atoms with Crippen molar-refractivity contribution in [3.05, 3.63) is 93.2 Å². The quantitative estimate of drug-likeness (QED) is 0.437. The zero-order valence-corrected chi connectivity index (χ0v) is 17.1. The molecule has 0 N–H and O–H groups in total. The molecular weight excluding hydrogens is 386 g/mol. The second-order valence-corrected chi connectivity index (χ2v) is 7.48. The van der Waals surface area contributed by atoms with E-state index in [0.29, 0.717) is 12.1 Å². The first kappa shape index (κ1) is 20.5. The van der Waals surface area contributed by atoms with E-state index < -0.39 is 5.97 Å². The van der Waals surface area contributed by atoms with Gasteiger partial charge >= 0.3 is 5.97 Å². The molecule has 148 valence electrons. The van der Waals surface area contributed by atoms with E-state index in [1.165, 1.54) is 11.0 Å². The molecule has 1 aromatic heterocycles. The summed E-state index contributed by atoms with van der Waals surface area (Å²) in [4.78, 5) is 39.1. The Morgan fingerprint density at radius 1 is 0.966 bits per heavy atom. The van der Waals surface area contributed by atoms with Crippen LogP contribution in [-0.4, -0.2) is 36.2 Å². The van der Waals surface area contributed by atoms with E-state index in [1.807, 2.05) is 35.9 Å². The van der Waals surface area contributed by atoms with Gasteiger partial charge in [0.1, 0.15) is 0 Å². The lowest BCUT2D eigenvalue weighted by Crippen LogP contribution is -2.30. The van der Waals surface area contributed by atoms with Gasteiger partial charge in [-0.05, 0) is 35.4 Å². The molecule has 1 heterocycles. The number of ketones is 1. The Morgan fingerprint density at radius 2 is 1.66 bits per heavy atom. The molecule has 3 aromatic rings. The summed E-state index contributed by atoms with van der Waals surface area (Å²) in [5.74, 6) is -1.27. The van der Waals surface area contributed by atoms with Crippen LogP contribution < -0.4 is 0 Å². The molecule has 2 aromatic carbocycles. The number of hydrogen-bond donors (Lipinski definition) is 0. The van der Waals surface area contributed by atoms with Crippen LogP contribution in [0.15, 0.2) is 65.4 Å². The first-order valence-electron chi connectivity index (χ1n) is 9.08. The number of esters is 1. The molecule has 0 aliphatic heterocycles. The highest BCUT2D eigenvalue weighted by Crippen LogP contribution is 2.17. The number of rotatable bonds is 7. The van der Waals surface area contributed by atoms with Gasteiger partial charge in [-0.25, -0.2) is 4.79 Å². The van der Waals surface area contributed by atoms with E-state index in [2.05, 4.69) is 0 Å². The predicted molar refractivity (Wildman–Crippen MR) is 112 cm³/mol. The number of aryl methyl sites for hydroxylation is 1. The van der Waals surface area contributed by atoms with Gasteiger partial charge in [-0.3, -0.25) is 9.59 Å². The Hall–Kier alpha value is -3.25. The number of carbonyl (C=O) groups excluding carboxylic acids is 3. The molecule has 29 heavy (non-hydrogen) atoms. The van der Waals surface area contributed by atoms with Gasteiger partial charge in [0.05, 0.1) is 5.56 Å². The normalized spacial score (nSPS) is 10.4. The summed E-state index contributed by atoms with van der Waals surface area (Å²) < 4.78 is 5.20. The number of amides is 1. The fraction of sp³-hybridized carbons (Fsp3) is 0.174. The van der Waals surface area contributed by atoms with Gasteiger partial charge in [-0.2, -0.15) is 11.3 Å². The minimum atomic E-state index is -0.696. The topological polar surface area (TPSA) is 63.7 Å². The number of carbonyl (C=O) groups is 3. The van der Waals surface area contributed by atoms with Crippen LogP contribution in [0.1, 0.15) is 37.4 Å². The fourth-order valence-corrected chi connectivity index (χ4v) is 3.44. The maximum Gasteiger partial charge on any atom is 0.339 e. The number of hydrogen-bond acceptors (Lipinski definition) is 5. The maximum absolute atomic E-state index is 12.8. The summed E-state index contributed by atoms with van der Waals surface area (Å²) in [5.41, 5.74) is 2.94. The van der Waals surface area contributed by atoms with Crippen molar-refractivity contribution in [2.24, 2.45) is 0 Å². The smallest absolute Gasteiger partial charge is 0.339 e. The van der Waals surface area contributed by atoms with Crippen LogP contribution in [0.25, 0.3) is 0 Å². The van der Waals surface area contributed by atoms with E-state index in [-0.39, 0.29) is 29.4 Å². The van der Waals surface area contributed by atoms with Gasteiger partial charge in [-0.15, -0.1) is 0 Å². The molecular formula is C23H21NO4S. The number of thiophene rings is 1. The maximum atomic E-state index is 12.8. The van der Waals surface area contributed by atoms with Gasteiger partial charge in [-0.1, -0.05) is 48.0 Å². The van der Waals surface area contributed by atoms with Gasteiger partial charge in [0.25, 0.3) is 5.91 Å². The first-order chi connectivity index (χ1) is 14.0. The van der Waals surface area contributed by atoms with Crippen molar-refractivity contribution in [3.63, 3.8) is 0 Å². The van der Waals surface area contributed by atoms with Gasteiger partial charge in [0, 0.05) is 24.7 Å². The van der Waals surface area contributed by atoms with Crippen molar-refractivity contribution in [1.29, 1.82) is 0 Å². The molecule has 3 rings (SSSR count). The van der Waals surface area contributed by atoms with Crippen LogP contribution >= 0.6 is 11.3 Å². The highest BCUT2D eigenvalue weighted by atomic mass is 32.1. The zero-order valence-electron chi connectivity index (χ0n) is 16.3. The second kappa shape index (κ2) is 9.30. The summed E-state index contributed by atoms with van der Waals surface area (Å²) in [6, 6.07) is 15.5. The third kappa shape index (κ3) is 5.18. The molecule has 0 saturated heterocycles. The molecule has 0 spiro atoms. The Balaban J connectivity index is 1.67. The highest BCUT2D eigenvalue weighted by Gasteiger charge is 2.20. The Morgan fingerprint density at radius 3 is 2.31 bits per heavy atom. The Labute approximate surface area is 173 Å². The number of likely N-dealkylation sites (N-methyl/N-ethyl adjacent to an activating group) is 1. The lowest BCUT2D eigenvalue weighted by atomic mass is 9.98. The molecule has 1 amide bonds. The van der Waals surface area contributed by atoms with Gasteiger partial charge < -0.3 is 9.64 Å². The van der Waals surface area contributed by atoms with Crippen LogP contribution in [0.3, 0.4) is 0 Å². The summed E-state index contributed by atoms with van der Waals surface area (Å²) >= 11 is 1.56.